The second-order valence-electron chi connectivity index (χ2n) is 4.47. The molecule has 1 aromatic heterocycles. The lowest BCUT2D eigenvalue weighted by Gasteiger charge is -2.28. The SMILES string of the molecule is CN(Cc1nccs1)CC(C)(C)CN.Cl. The fourth-order valence-electron chi connectivity index (χ4n) is 1.41. The second kappa shape index (κ2) is 6.43. The van der Waals surface area contributed by atoms with Crippen molar-refractivity contribution >= 4 is 23.7 Å². The van der Waals surface area contributed by atoms with Gasteiger partial charge in [-0.1, -0.05) is 13.8 Å². The summed E-state index contributed by atoms with van der Waals surface area (Å²) in [5, 5.41) is 3.18. The molecule has 5 heteroatoms. The number of rotatable bonds is 5. The molecule has 0 aromatic carbocycles. The van der Waals surface area contributed by atoms with E-state index in [1.807, 2.05) is 11.6 Å². The maximum atomic E-state index is 5.69. The van der Waals surface area contributed by atoms with E-state index in [-0.39, 0.29) is 17.8 Å². The van der Waals surface area contributed by atoms with Crippen LogP contribution in [0.2, 0.25) is 0 Å². The van der Waals surface area contributed by atoms with Gasteiger partial charge < -0.3 is 5.73 Å². The quantitative estimate of drug-likeness (QED) is 0.868. The van der Waals surface area contributed by atoms with E-state index >= 15 is 0 Å². The number of nitrogens with zero attached hydrogens (tertiary/aromatic N) is 2. The van der Waals surface area contributed by atoms with Gasteiger partial charge in [-0.2, -0.15) is 0 Å². The summed E-state index contributed by atoms with van der Waals surface area (Å²) in [6.07, 6.45) is 1.85. The molecule has 88 valence electrons. The fraction of sp³-hybridized carbons (Fsp3) is 0.700. The summed E-state index contributed by atoms with van der Waals surface area (Å²) in [5.41, 5.74) is 5.87. The number of halogens is 1. The maximum Gasteiger partial charge on any atom is 0.107 e. The van der Waals surface area contributed by atoms with Gasteiger partial charge in [-0.25, -0.2) is 4.98 Å². The van der Waals surface area contributed by atoms with Crippen LogP contribution in [0.25, 0.3) is 0 Å². The van der Waals surface area contributed by atoms with Crippen LogP contribution in [0, 0.1) is 5.41 Å². The van der Waals surface area contributed by atoms with Crippen LogP contribution in [-0.2, 0) is 6.54 Å². The first kappa shape index (κ1) is 14.8. The maximum absolute atomic E-state index is 5.69. The fourth-order valence-corrected chi connectivity index (χ4v) is 2.11. The van der Waals surface area contributed by atoms with E-state index < -0.39 is 0 Å². The summed E-state index contributed by atoms with van der Waals surface area (Å²) in [6, 6.07) is 0. The molecule has 0 amide bonds. The van der Waals surface area contributed by atoms with Gasteiger partial charge in [-0.3, -0.25) is 4.90 Å². The minimum atomic E-state index is 0. The zero-order valence-electron chi connectivity index (χ0n) is 9.56. The largest absolute Gasteiger partial charge is 0.330 e. The Kier molecular flexibility index (Phi) is 6.36. The summed E-state index contributed by atoms with van der Waals surface area (Å²) in [6.45, 7) is 7.01. The number of hydrogen-bond acceptors (Lipinski definition) is 4. The van der Waals surface area contributed by atoms with Crippen LogP contribution in [0.4, 0.5) is 0 Å². The highest BCUT2D eigenvalue weighted by molar-refractivity contribution is 7.09. The van der Waals surface area contributed by atoms with Gasteiger partial charge in [0.05, 0.1) is 6.54 Å². The van der Waals surface area contributed by atoms with Crippen molar-refractivity contribution in [2.45, 2.75) is 20.4 Å². The molecule has 0 aliphatic heterocycles. The molecule has 1 aromatic rings. The van der Waals surface area contributed by atoms with Crippen molar-refractivity contribution in [1.82, 2.24) is 9.88 Å². The average molecular weight is 250 g/mol. The van der Waals surface area contributed by atoms with Crippen LogP contribution in [0.5, 0.6) is 0 Å². The van der Waals surface area contributed by atoms with E-state index in [0.29, 0.717) is 0 Å². The van der Waals surface area contributed by atoms with Crippen molar-refractivity contribution in [3.05, 3.63) is 16.6 Å². The first-order valence-electron chi connectivity index (χ1n) is 4.80. The smallest absolute Gasteiger partial charge is 0.107 e. The van der Waals surface area contributed by atoms with Crippen molar-refractivity contribution in [3.8, 4) is 0 Å². The summed E-state index contributed by atoms with van der Waals surface area (Å²) in [7, 11) is 2.11. The molecule has 0 saturated carbocycles. The van der Waals surface area contributed by atoms with Crippen LogP contribution in [0.3, 0.4) is 0 Å². The number of thiazole rings is 1. The molecule has 0 atom stereocenters. The van der Waals surface area contributed by atoms with Crippen LogP contribution in [-0.4, -0.2) is 30.0 Å². The molecular weight excluding hydrogens is 230 g/mol. The van der Waals surface area contributed by atoms with Gasteiger partial charge in [0.25, 0.3) is 0 Å². The Hall–Kier alpha value is -0.160. The van der Waals surface area contributed by atoms with Crippen LogP contribution in [0.15, 0.2) is 11.6 Å². The Morgan fingerprint density at radius 2 is 2.20 bits per heavy atom. The first-order chi connectivity index (χ1) is 6.53. The Bertz CT molecular complexity index is 262. The van der Waals surface area contributed by atoms with Crippen LogP contribution < -0.4 is 5.73 Å². The van der Waals surface area contributed by atoms with Crippen molar-refractivity contribution in [2.24, 2.45) is 11.1 Å². The van der Waals surface area contributed by atoms with Gasteiger partial charge in [0.15, 0.2) is 0 Å². The minimum Gasteiger partial charge on any atom is -0.330 e. The van der Waals surface area contributed by atoms with Gasteiger partial charge >= 0.3 is 0 Å². The zero-order valence-corrected chi connectivity index (χ0v) is 11.2. The molecule has 0 aliphatic rings. The van der Waals surface area contributed by atoms with Crippen molar-refractivity contribution < 1.29 is 0 Å². The van der Waals surface area contributed by atoms with Crippen molar-refractivity contribution in [1.29, 1.82) is 0 Å². The normalized spacial score (nSPS) is 11.5. The molecule has 15 heavy (non-hydrogen) atoms. The average Bonchev–Trinajstić information content (AvgIpc) is 2.55. The molecule has 0 radical (unpaired) electrons. The highest BCUT2D eigenvalue weighted by Crippen LogP contribution is 2.16. The van der Waals surface area contributed by atoms with Crippen molar-refractivity contribution in [2.75, 3.05) is 20.1 Å². The third-order valence-corrected chi connectivity index (χ3v) is 2.90. The lowest BCUT2D eigenvalue weighted by molar-refractivity contribution is 0.209. The second-order valence-corrected chi connectivity index (χ2v) is 5.45. The van der Waals surface area contributed by atoms with Gasteiger partial charge in [-0.15, -0.1) is 23.7 Å². The van der Waals surface area contributed by atoms with E-state index in [1.165, 1.54) is 5.01 Å². The molecule has 0 saturated heterocycles. The topological polar surface area (TPSA) is 42.2 Å². The Morgan fingerprint density at radius 1 is 1.53 bits per heavy atom. The third-order valence-electron chi connectivity index (χ3n) is 2.14. The molecule has 0 unspecified atom stereocenters. The zero-order chi connectivity index (χ0) is 10.6. The summed E-state index contributed by atoms with van der Waals surface area (Å²) in [4.78, 5) is 6.53. The van der Waals surface area contributed by atoms with Gasteiger partial charge in [0, 0.05) is 18.1 Å². The van der Waals surface area contributed by atoms with E-state index in [9.17, 15) is 0 Å². The number of nitrogens with two attached hydrogens (primary N) is 1. The molecule has 2 N–H and O–H groups in total. The molecule has 3 nitrogen and oxygen atoms in total. The van der Waals surface area contributed by atoms with E-state index in [4.69, 9.17) is 5.73 Å². The Morgan fingerprint density at radius 3 is 2.67 bits per heavy atom. The molecule has 0 fully saturated rings. The van der Waals surface area contributed by atoms with Gasteiger partial charge in [0.2, 0.25) is 0 Å². The van der Waals surface area contributed by atoms with Gasteiger partial charge in [-0.05, 0) is 19.0 Å². The summed E-state index contributed by atoms with van der Waals surface area (Å²) >= 11 is 1.70. The molecule has 0 bridgehead atoms. The lowest BCUT2D eigenvalue weighted by Crippen LogP contribution is -2.36. The third kappa shape index (κ3) is 5.47. The summed E-state index contributed by atoms with van der Waals surface area (Å²) in [5.74, 6) is 0. The predicted molar refractivity (Wildman–Crippen MR) is 68.5 cm³/mol. The minimum absolute atomic E-state index is 0. The predicted octanol–water partition coefficient (Wildman–Crippen LogP) is 1.98. The van der Waals surface area contributed by atoms with E-state index in [0.717, 1.165) is 19.6 Å². The molecule has 1 rings (SSSR count). The molecule has 0 aliphatic carbocycles. The van der Waals surface area contributed by atoms with E-state index in [1.54, 1.807) is 11.3 Å². The summed E-state index contributed by atoms with van der Waals surface area (Å²) < 4.78 is 0. The molecule has 0 spiro atoms. The monoisotopic (exact) mass is 249 g/mol. The van der Waals surface area contributed by atoms with Crippen LogP contribution in [0.1, 0.15) is 18.9 Å². The van der Waals surface area contributed by atoms with Gasteiger partial charge in [0.1, 0.15) is 5.01 Å². The number of aromatic nitrogens is 1. The van der Waals surface area contributed by atoms with E-state index in [2.05, 4.69) is 30.8 Å². The van der Waals surface area contributed by atoms with Crippen LogP contribution >= 0.6 is 23.7 Å². The first-order valence-corrected chi connectivity index (χ1v) is 5.68. The molecule has 1 heterocycles. The Labute approximate surface area is 102 Å². The lowest BCUT2D eigenvalue weighted by atomic mass is 9.93. The van der Waals surface area contributed by atoms with Crippen molar-refractivity contribution in [3.63, 3.8) is 0 Å². The number of hydrogen-bond donors (Lipinski definition) is 1. The standard InChI is InChI=1S/C10H19N3S.ClH/c1-10(2,7-11)8-13(3)6-9-12-4-5-14-9;/h4-5H,6-8,11H2,1-3H3;1H. The molecular formula is C10H20ClN3S. The highest BCUT2D eigenvalue weighted by Gasteiger charge is 2.18. The Balaban J connectivity index is 0.00000196. The highest BCUT2D eigenvalue weighted by atomic mass is 35.5.